The smallest absolute Gasteiger partial charge is 0.219 e. The summed E-state index contributed by atoms with van der Waals surface area (Å²) in [6.07, 6.45) is -0.0570. The number of hydrogen-bond donors (Lipinski definition) is 0. The SMILES string of the molecule is COC(c1ccccc1)C(C)N(C)c1ccc2ccccc2c1C1=NC(C)(C)CO1. The molecule has 3 aromatic carbocycles. The molecule has 0 aliphatic carbocycles. The molecular weight excluding hydrogens is 372 g/mol. The lowest BCUT2D eigenvalue weighted by Crippen LogP contribution is -2.36. The molecule has 3 aromatic rings. The van der Waals surface area contributed by atoms with Crippen molar-refractivity contribution in [3.8, 4) is 0 Å². The molecule has 0 amide bonds. The maximum atomic E-state index is 6.10. The number of methoxy groups -OCH3 is 1. The van der Waals surface area contributed by atoms with Crippen LogP contribution in [0.5, 0.6) is 0 Å². The molecule has 1 aliphatic heterocycles. The summed E-state index contributed by atoms with van der Waals surface area (Å²) in [4.78, 5) is 7.18. The Labute approximate surface area is 179 Å². The lowest BCUT2D eigenvalue weighted by atomic mass is 9.98. The Bertz CT molecular complexity index is 1060. The van der Waals surface area contributed by atoms with Gasteiger partial charge in [-0.3, -0.25) is 0 Å². The van der Waals surface area contributed by atoms with E-state index in [1.165, 1.54) is 5.39 Å². The normalized spacial score (nSPS) is 17.3. The van der Waals surface area contributed by atoms with Gasteiger partial charge in [0.05, 0.1) is 22.8 Å². The van der Waals surface area contributed by atoms with Gasteiger partial charge in [-0.25, -0.2) is 4.99 Å². The summed E-state index contributed by atoms with van der Waals surface area (Å²) in [6.45, 7) is 7.00. The molecule has 0 saturated carbocycles. The standard InChI is InChI=1S/C26H30N2O2/c1-18(24(29-5)20-12-7-6-8-13-20)28(4)22-16-15-19-11-9-10-14-21(19)23(22)25-27-26(2,3)17-30-25/h6-16,18,24H,17H2,1-5H3. The third-order valence-electron chi connectivity index (χ3n) is 5.90. The zero-order chi connectivity index (χ0) is 21.3. The van der Waals surface area contributed by atoms with E-state index in [2.05, 4.69) is 93.4 Å². The number of anilines is 1. The number of likely N-dealkylation sites (N-methyl/N-ethyl adjacent to an activating group) is 1. The molecule has 156 valence electrons. The zero-order valence-electron chi connectivity index (χ0n) is 18.4. The van der Waals surface area contributed by atoms with Crippen molar-refractivity contribution in [2.45, 2.75) is 38.5 Å². The van der Waals surface area contributed by atoms with Crippen LogP contribution < -0.4 is 4.90 Å². The fraction of sp³-hybridized carbons (Fsp3) is 0.346. The first-order valence-corrected chi connectivity index (χ1v) is 10.5. The van der Waals surface area contributed by atoms with Crippen LogP contribution in [0.25, 0.3) is 10.8 Å². The van der Waals surface area contributed by atoms with Crippen molar-refractivity contribution in [3.63, 3.8) is 0 Å². The molecule has 0 bridgehead atoms. The molecule has 2 atom stereocenters. The van der Waals surface area contributed by atoms with Gasteiger partial charge in [-0.2, -0.15) is 0 Å². The summed E-state index contributed by atoms with van der Waals surface area (Å²) in [7, 11) is 3.89. The van der Waals surface area contributed by atoms with Crippen LogP contribution in [0.4, 0.5) is 5.69 Å². The van der Waals surface area contributed by atoms with E-state index in [0.717, 1.165) is 28.1 Å². The van der Waals surface area contributed by atoms with Crippen molar-refractivity contribution in [2.24, 2.45) is 4.99 Å². The van der Waals surface area contributed by atoms with Crippen molar-refractivity contribution < 1.29 is 9.47 Å². The molecule has 0 fully saturated rings. The molecular formula is C26H30N2O2. The molecule has 0 N–H and O–H groups in total. The summed E-state index contributed by atoms with van der Waals surface area (Å²) < 4.78 is 12.0. The number of nitrogens with zero attached hydrogens (tertiary/aromatic N) is 2. The van der Waals surface area contributed by atoms with Crippen LogP contribution in [-0.2, 0) is 9.47 Å². The first kappa shape index (κ1) is 20.4. The molecule has 1 heterocycles. The molecule has 30 heavy (non-hydrogen) atoms. The fourth-order valence-corrected chi connectivity index (χ4v) is 4.17. The number of benzene rings is 3. The van der Waals surface area contributed by atoms with Gasteiger partial charge in [0.2, 0.25) is 5.90 Å². The molecule has 1 aliphatic rings. The second-order valence-electron chi connectivity index (χ2n) is 8.62. The van der Waals surface area contributed by atoms with Crippen LogP contribution in [0.15, 0.2) is 71.7 Å². The second-order valence-corrected chi connectivity index (χ2v) is 8.62. The number of hydrogen-bond acceptors (Lipinski definition) is 4. The van der Waals surface area contributed by atoms with Gasteiger partial charge in [0.25, 0.3) is 0 Å². The minimum Gasteiger partial charge on any atom is -0.475 e. The third-order valence-corrected chi connectivity index (χ3v) is 5.90. The molecule has 0 radical (unpaired) electrons. The zero-order valence-corrected chi connectivity index (χ0v) is 18.4. The Morgan fingerprint density at radius 2 is 1.70 bits per heavy atom. The maximum absolute atomic E-state index is 6.10. The molecule has 0 aromatic heterocycles. The van der Waals surface area contributed by atoms with Gasteiger partial charge in [-0.05, 0) is 43.2 Å². The maximum Gasteiger partial charge on any atom is 0.219 e. The topological polar surface area (TPSA) is 34.1 Å². The summed E-state index contributed by atoms with van der Waals surface area (Å²) in [5, 5.41) is 2.33. The van der Waals surface area contributed by atoms with Crippen LogP contribution in [0.1, 0.15) is 38.0 Å². The highest BCUT2D eigenvalue weighted by Gasteiger charge is 2.31. The van der Waals surface area contributed by atoms with Gasteiger partial charge in [0, 0.05) is 14.2 Å². The van der Waals surface area contributed by atoms with Crippen molar-refractivity contribution in [1.82, 2.24) is 0 Å². The predicted molar refractivity (Wildman–Crippen MR) is 125 cm³/mol. The Hall–Kier alpha value is -2.85. The summed E-state index contributed by atoms with van der Waals surface area (Å²) in [5.74, 6) is 0.722. The lowest BCUT2D eigenvalue weighted by molar-refractivity contribution is 0.0838. The average Bonchev–Trinajstić information content (AvgIpc) is 3.12. The van der Waals surface area contributed by atoms with Gasteiger partial charge in [0.1, 0.15) is 12.7 Å². The first-order chi connectivity index (χ1) is 14.4. The average molecular weight is 403 g/mol. The summed E-state index contributed by atoms with van der Waals surface area (Å²) in [6, 6.07) is 23.2. The van der Waals surface area contributed by atoms with Gasteiger partial charge in [-0.15, -0.1) is 0 Å². The summed E-state index contributed by atoms with van der Waals surface area (Å²) >= 11 is 0. The van der Waals surface area contributed by atoms with Crippen molar-refractivity contribution in [3.05, 3.63) is 77.9 Å². The molecule has 0 spiro atoms. The Balaban J connectivity index is 1.81. The van der Waals surface area contributed by atoms with Gasteiger partial charge in [0.15, 0.2) is 0 Å². The van der Waals surface area contributed by atoms with Crippen LogP contribution >= 0.6 is 0 Å². The minimum absolute atomic E-state index is 0.0570. The number of aliphatic imine (C=N–C) groups is 1. The van der Waals surface area contributed by atoms with Crippen LogP contribution in [-0.4, -0.2) is 38.2 Å². The van der Waals surface area contributed by atoms with Crippen LogP contribution in [0.3, 0.4) is 0 Å². The van der Waals surface area contributed by atoms with E-state index in [0.29, 0.717) is 6.61 Å². The second kappa shape index (κ2) is 8.11. The van der Waals surface area contributed by atoms with E-state index in [1.807, 2.05) is 6.07 Å². The van der Waals surface area contributed by atoms with Gasteiger partial charge < -0.3 is 14.4 Å². The highest BCUT2D eigenvalue weighted by atomic mass is 16.5. The lowest BCUT2D eigenvalue weighted by Gasteiger charge is -2.34. The number of ether oxygens (including phenoxy) is 2. The minimum atomic E-state index is -0.215. The number of fused-ring (bicyclic) bond motifs is 1. The van der Waals surface area contributed by atoms with E-state index in [-0.39, 0.29) is 17.7 Å². The highest BCUT2D eigenvalue weighted by molar-refractivity contribution is 6.12. The molecule has 4 nitrogen and oxygen atoms in total. The van der Waals surface area contributed by atoms with E-state index in [4.69, 9.17) is 14.5 Å². The third kappa shape index (κ3) is 3.80. The van der Waals surface area contributed by atoms with E-state index in [9.17, 15) is 0 Å². The van der Waals surface area contributed by atoms with E-state index in [1.54, 1.807) is 7.11 Å². The van der Waals surface area contributed by atoms with Gasteiger partial charge in [-0.1, -0.05) is 60.7 Å². The fourth-order valence-electron chi connectivity index (χ4n) is 4.17. The highest BCUT2D eigenvalue weighted by Crippen LogP contribution is 2.35. The van der Waals surface area contributed by atoms with E-state index >= 15 is 0 Å². The molecule has 0 saturated heterocycles. The Morgan fingerprint density at radius 1 is 1.00 bits per heavy atom. The Kier molecular flexibility index (Phi) is 5.52. The Morgan fingerprint density at radius 3 is 2.37 bits per heavy atom. The predicted octanol–water partition coefficient (Wildman–Crippen LogP) is 5.61. The van der Waals surface area contributed by atoms with Crippen LogP contribution in [0, 0.1) is 0 Å². The molecule has 4 heteroatoms. The molecule has 2 unspecified atom stereocenters. The van der Waals surface area contributed by atoms with E-state index < -0.39 is 0 Å². The summed E-state index contributed by atoms with van der Waals surface area (Å²) in [5.41, 5.74) is 3.09. The van der Waals surface area contributed by atoms with Gasteiger partial charge >= 0.3 is 0 Å². The first-order valence-electron chi connectivity index (χ1n) is 10.5. The van der Waals surface area contributed by atoms with Crippen molar-refractivity contribution in [2.75, 3.05) is 25.7 Å². The monoisotopic (exact) mass is 402 g/mol. The van der Waals surface area contributed by atoms with Crippen molar-refractivity contribution >= 4 is 22.4 Å². The molecule has 4 rings (SSSR count). The van der Waals surface area contributed by atoms with Crippen LogP contribution in [0.2, 0.25) is 0 Å². The quantitative estimate of drug-likeness (QED) is 0.538. The number of rotatable bonds is 6. The van der Waals surface area contributed by atoms with Crippen molar-refractivity contribution in [1.29, 1.82) is 0 Å². The largest absolute Gasteiger partial charge is 0.475 e.